The SMILES string of the molecule is CC(C)Oc1ccccc1N1CCOC(C(=O)O)C1. The van der Waals surface area contributed by atoms with Crippen LogP contribution in [0.1, 0.15) is 13.8 Å². The summed E-state index contributed by atoms with van der Waals surface area (Å²) in [7, 11) is 0. The summed E-state index contributed by atoms with van der Waals surface area (Å²) in [5.41, 5.74) is 0.922. The number of benzene rings is 1. The largest absolute Gasteiger partial charge is 0.489 e. The molecule has 1 aliphatic rings. The Kier molecular flexibility index (Phi) is 4.27. The number of carboxylic acid groups (broad SMARTS) is 1. The first-order chi connectivity index (χ1) is 9.08. The molecule has 1 unspecified atom stereocenters. The van der Waals surface area contributed by atoms with Crippen LogP contribution in [0.4, 0.5) is 5.69 Å². The zero-order valence-electron chi connectivity index (χ0n) is 11.2. The Bertz CT molecular complexity index is 447. The lowest BCUT2D eigenvalue weighted by Crippen LogP contribution is -2.46. The average Bonchev–Trinajstić information content (AvgIpc) is 2.39. The molecule has 0 aliphatic carbocycles. The summed E-state index contributed by atoms with van der Waals surface area (Å²) >= 11 is 0. The number of para-hydroxylation sites is 2. The van der Waals surface area contributed by atoms with E-state index in [-0.39, 0.29) is 6.10 Å². The van der Waals surface area contributed by atoms with Crippen molar-refractivity contribution in [2.45, 2.75) is 26.1 Å². The molecule has 0 spiro atoms. The number of aliphatic carboxylic acids is 1. The Hall–Kier alpha value is -1.75. The molecular formula is C14H19NO4. The Balaban J connectivity index is 2.18. The zero-order valence-corrected chi connectivity index (χ0v) is 11.2. The Morgan fingerprint density at radius 2 is 2.21 bits per heavy atom. The van der Waals surface area contributed by atoms with Crippen LogP contribution in [0.3, 0.4) is 0 Å². The number of carbonyl (C=O) groups is 1. The van der Waals surface area contributed by atoms with Crippen molar-refractivity contribution in [3.05, 3.63) is 24.3 Å². The van der Waals surface area contributed by atoms with Crippen LogP contribution in [0.5, 0.6) is 5.75 Å². The fourth-order valence-corrected chi connectivity index (χ4v) is 2.09. The molecule has 0 radical (unpaired) electrons. The summed E-state index contributed by atoms with van der Waals surface area (Å²) in [5.74, 6) is -0.143. The van der Waals surface area contributed by atoms with Crippen LogP contribution < -0.4 is 9.64 Å². The first-order valence-corrected chi connectivity index (χ1v) is 6.43. The molecule has 0 saturated carbocycles. The van der Waals surface area contributed by atoms with E-state index in [1.54, 1.807) is 0 Å². The van der Waals surface area contributed by atoms with Gasteiger partial charge < -0.3 is 19.5 Å². The van der Waals surface area contributed by atoms with E-state index in [0.717, 1.165) is 11.4 Å². The fourth-order valence-electron chi connectivity index (χ4n) is 2.09. The molecule has 1 fully saturated rings. The molecule has 1 atom stereocenters. The van der Waals surface area contributed by atoms with Crippen molar-refractivity contribution in [1.82, 2.24) is 0 Å². The van der Waals surface area contributed by atoms with Gasteiger partial charge in [0.1, 0.15) is 5.75 Å². The molecule has 1 aromatic rings. The number of anilines is 1. The number of hydrogen-bond donors (Lipinski definition) is 1. The third-order valence-electron chi connectivity index (χ3n) is 2.91. The van der Waals surface area contributed by atoms with E-state index in [4.69, 9.17) is 14.6 Å². The highest BCUT2D eigenvalue weighted by molar-refractivity contribution is 5.74. The number of ether oxygens (including phenoxy) is 2. The lowest BCUT2D eigenvalue weighted by molar-refractivity contribution is -0.150. The monoisotopic (exact) mass is 265 g/mol. The second-order valence-corrected chi connectivity index (χ2v) is 4.78. The smallest absolute Gasteiger partial charge is 0.334 e. The van der Waals surface area contributed by atoms with E-state index < -0.39 is 12.1 Å². The summed E-state index contributed by atoms with van der Waals surface area (Å²) in [4.78, 5) is 13.0. The molecule has 1 N–H and O–H groups in total. The highest BCUT2D eigenvalue weighted by atomic mass is 16.5. The van der Waals surface area contributed by atoms with Gasteiger partial charge in [0.05, 0.1) is 24.9 Å². The second kappa shape index (κ2) is 5.93. The van der Waals surface area contributed by atoms with Gasteiger partial charge >= 0.3 is 5.97 Å². The maximum absolute atomic E-state index is 11.0. The van der Waals surface area contributed by atoms with Crippen LogP contribution in [0, 0.1) is 0 Å². The minimum absolute atomic E-state index is 0.0810. The molecule has 0 bridgehead atoms. The molecule has 1 saturated heterocycles. The van der Waals surface area contributed by atoms with Gasteiger partial charge in [-0.05, 0) is 26.0 Å². The molecule has 1 aromatic carbocycles. The molecule has 1 aliphatic heterocycles. The van der Waals surface area contributed by atoms with Gasteiger partial charge in [0.2, 0.25) is 0 Å². The molecule has 19 heavy (non-hydrogen) atoms. The topological polar surface area (TPSA) is 59.0 Å². The lowest BCUT2D eigenvalue weighted by atomic mass is 10.2. The van der Waals surface area contributed by atoms with Crippen LogP contribution in [-0.4, -0.2) is 43.0 Å². The number of hydrogen-bond acceptors (Lipinski definition) is 4. The van der Waals surface area contributed by atoms with Crippen molar-refractivity contribution >= 4 is 11.7 Å². The van der Waals surface area contributed by atoms with Crippen molar-refractivity contribution in [3.63, 3.8) is 0 Å². The molecule has 104 valence electrons. The van der Waals surface area contributed by atoms with Crippen LogP contribution >= 0.6 is 0 Å². The van der Waals surface area contributed by atoms with Crippen LogP contribution in [0.2, 0.25) is 0 Å². The van der Waals surface area contributed by atoms with Crippen LogP contribution in [-0.2, 0) is 9.53 Å². The lowest BCUT2D eigenvalue weighted by Gasteiger charge is -2.33. The normalized spacial score (nSPS) is 19.5. The van der Waals surface area contributed by atoms with E-state index in [9.17, 15) is 4.79 Å². The minimum Gasteiger partial charge on any atom is -0.489 e. The zero-order chi connectivity index (χ0) is 13.8. The molecule has 0 amide bonds. The van der Waals surface area contributed by atoms with Crippen LogP contribution in [0.25, 0.3) is 0 Å². The van der Waals surface area contributed by atoms with Crippen molar-refractivity contribution in [2.24, 2.45) is 0 Å². The van der Waals surface area contributed by atoms with Gasteiger partial charge in [0.25, 0.3) is 0 Å². The molecule has 5 heteroatoms. The first-order valence-electron chi connectivity index (χ1n) is 6.43. The molecule has 1 heterocycles. The predicted molar refractivity (Wildman–Crippen MR) is 71.8 cm³/mol. The minimum atomic E-state index is -0.924. The molecular weight excluding hydrogens is 246 g/mol. The number of rotatable bonds is 4. The highest BCUT2D eigenvalue weighted by Gasteiger charge is 2.27. The molecule has 2 rings (SSSR count). The number of carboxylic acids is 1. The van der Waals surface area contributed by atoms with Gasteiger partial charge in [0.15, 0.2) is 6.10 Å². The van der Waals surface area contributed by atoms with Gasteiger partial charge in [-0.2, -0.15) is 0 Å². The standard InChI is InChI=1S/C14H19NO4/c1-10(2)19-12-6-4-3-5-11(12)15-7-8-18-13(9-15)14(16)17/h3-6,10,13H,7-9H2,1-2H3,(H,16,17). The van der Waals surface area contributed by atoms with Crippen LogP contribution in [0.15, 0.2) is 24.3 Å². The highest BCUT2D eigenvalue weighted by Crippen LogP contribution is 2.30. The number of morpholine rings is 1. The Labute approximate surface area is 112 Å². The van der Waals surface area contributed by atoms with Gasteiger partial charge in [-0.3, -0.25) is 0 Å². The Morgan fingerprint density at radius 1 is 1.47 bits per heavy atom. The van der Waals surface area contributed by atoms with E-state index in [1.165, 1.54) is 0 Å². The van der Waals surface area contributed by atoms with E-state index in [0.29, 0.717) is 19.7 Å². The van der Waals surface area contributed by atoms with E-state index >= 15 is 0 Å². The summed E-state index contributed by atoms with van der Waals surface area (Å²) in [6.45, 7) is 5.36. The maximum atomic E-state index is 11.0. The second-order valence-electron chi connectivity index (χ2n) is 4.78. The summed E-state index contributed by atoms with van der Waals surface area (Å²) in [6.07, 6.45) is -0.696. The van der Waals surface area contributed by atoms with Gasteiger partial charge in [-0.1, -0.05) is 12.1 Å². The van der Waals surface area contributed by atoms with E-state index in [1.807, 2.05) is 43.0 Å². The van der Waals surface area contributed by atoms with Gasteiger partial charge in [0, 0.05) is 6.54 Å². The average molecular weight is 265 g/mol. The van der Waals surface area contributed by atoms with Crippen molar-refractivity contribution < 1.29 is 19.4 Å². The van der Waals surface area contributed by atoms with Crippen molar-refractivity contribution in [1.29, 1.82) is 0 Å². The van der Waals surface area contributed by atoms with Crippen molar-refractivity contribution in [2.75, 3.05) is 24.6 Å². The van der Waals surface area contributed by atoms with Gasteiger partial charge in [-0.25, -0.2) is 4.79 Å². The van der Waals surface area contributed by atoms with Crippen molar-refractivity contribution in [3.8, 4) is 5.75 Å². The third kappa shape index (κ3) is 3.38. The molecule has 5 nitrogen and oxygen atoms in total. The first kappa shape index (κ1) is 13.7. The third-order valence-corrected chi connectivity index (χ3v) is 2.91. The van der Waals surface area contributed by atoms with E-state index in [2.05, 4.69) is 0 Å². The fraction of sp³-hybridized carbons (Fsp3) is 0.500. The Morgan fingerprint density at radius 3 is 2.89 bits per heavy atom. The summed E-state index contributed by atoms with van der Waals surface area (Å²) in [6, 6.07) is 7.69. The summed E-state index contributed by atoms with van der Waals surface area (Å²) < 4.78 is 11.0. The maximum Gasteiger partial charge on any atom is 0.334 e. The van der Waals surface area contributed by atoms with Gasteiger partial charge in [-0.15, -0.1) is 0 Å². The quantitative estimate of drug-likeness (QED) is 0.899. The summed E-state index contributed by atoms with van der Waals surface area (Å²) in [5, 5.41) is 9.03. The number of nitrogens with zero attached hydrogens (tertiary/aromatic N) is 1. The molecule has 0 aromatic heterocycles. The predicted octanol–water partition coefficient (Wildman–Crippen LogP) is 1.76.